The number of nitrogens with zero attached hydrogens (tertiary/aromatic N) is 2. The second-order valence-corrected chi connectivity index (χ2v) is 8.86. The molecule has 1 amide bonds. The van der Waals surface area contributed by atoms with Crippen molar-refractivity contribution in [1.82, 2.24) is 9.88 Å². The third kappa shape index (κ3) is 3.17. The lowest BCUT2D eigenvalue weighted by Crippen LogP contribution is -2.46. The standard InChI is InChI=1S/C23H26N2O5/c1-29-20-7-6-19(10-24-20)22(27)8-16-11-25(12-17(16)9-22)21(26)15-2-4-18(5-3-15)23(28)13-30-14-23/h2-7,10,16-17,27-28H,8-9,11-14H2,1H3. The van der Waals surface area contributed by atoms with E-state index in [0.717, 1.165) is 11.1 Å². The highest BCUT2D eigenvalue weighted by Crippen LogP contribution is 2.49. The maximum atomic E-state index is 13.0. The fourth-order valence-electron chi connectivity index (χ4n) is 5.10. The minimum Gasteiger partial charge on any atom is -0.481 e. The zero-order valence-electron chi connectivity index (χ0n) is 17.0. The molecule has 158 valence electrons. The van der Waals surface area contributed by atoms with E-state index >= 15 is 0 Å². The first-order valence-corrected chi connectivity index (χ1v) is 10.3. The van der Waals surface area contributed by atoms with Crippen LogP contribution in [0.2, 0.25) is 0 Å². The lowest BCUT2D eigenvalue weighted by molar-refractivity contribution is -0.184. The number of carbonyl (C=O) groups excluding carboxylic acids is 1. The van der Waals surface area contributed by atoms with Gasteiger partial charge in [0, 0.05) is 36.5 Å². The molecule has 3 aliphatic rings. The van der Waals surface area contributed by atoms with E-state index in [1.54, 1.807) is 31.5 Å². The number of ether oxygens (including phenoxy) is 2. The summed E-state index contributed by atoms with van der Waals surface area (Å²) < 4.78 is 10.2. The lowest BCUT2D eigenvalue weighted by atomic mass is 9.91. The van der Waals surface area contributed by atoms with Crippen LogP contribution in [-0.2, 0) is 15.9 Å². The molecular formula is C23H26N2O5. The van der Waals surface area contributed by atoms with Crippen LogP contribution in [0.3, 0.4) is 0 Å². The number of fused-ring (bicyclic) bond motifs is 1. The van der Waals surface area contributed by atoms with Crippen molar-refractivity contribution in [3.05, 3.63) is 59.3 Å². The molecule has 7 nitrogen and oxygen atoms in total. The van der Waals surface area contributed by atoms with Crippen molar-refractivity contribution in [2.24, 2.45) is 11.8 Å². The maximum absolute atomic E-state index is 13.0. The number of methoxy groups -OCH3 is 1. The number of likely N-dealkylation sites (tertiary alicyclic amines) is 1. The summed E-state index contributed by atoms with van der Waals surface area (Å²) >= 11 is 0. The third-order valence-corrected chi connectivity index (χ3v) is 6.90. The normalized spacial score (nSPS) is 29.4. The highest BCUT2D eigenvalue weighted by Gasteiger charge is 2.50. The van der Waals surface area contributed by atoms with Crippen LogP contribution in [0.4, 0.5) is 0 Å². The van der Waals surface area contributed by atoms with Crippen LogP contribution < -0.4 is 4.74 Å². The fourth-order valence-corrected chi connectivity index (χ4v) is 5.10. The van der Waals surface area contributed by atoms with Gasteiger partial charge in [-0.15, -0.1) is 0 Å². The summed E-state index contributed by atoms with van der Waals surface area (Å²) in [4.78, 5) is 19.1. The summed E-state index contributed by atoms with van der Waals surface area (Å²) in [5.74, 6) is 1.07. The van der Waals surface area contributed by atoms with Crippen LogP contribution >= 0.6 is 0 Å². The molecule has 1 aliphatic carbocycles. The smallest absolute Gasteiger partial charge is 0.253 e. The SMILES string of the molecule is COc1ccc(C2(O)CC3CN(C(=O)c4ccc(C5(O)COC5)cc4)CC3C2)cn1. The van der Waals surface area contributed by atoms with Crippen molar-refractivity contribution >= 4 is 5.91 Å². The lowest BCUT2D eigenvalue weighted by Gasteiger charge is -2.36. The number of rotatable bonds is 4. The van der Waals surface area contributed by atoms with Crippen LogP contribution in [-0.4, -0.2) is 59.4 Å². The molecule has 5 rings (SSSR count). The fraction of sp³-hybridized carbons (Fsp3) is 0.478. The Labute approximate surface area is 175 Å². The van der Waals surface area contributed by atoms with Gasteiger partial charge in [0.25, 0.3) is 5.91 Å². The zero-order chi connectivity index (χ0) is 20.9. The van der Waals surface area contributed by atoms with E-state index in [4.69, 9.17) is 9.47 Å². The molecule has 1 aromatic heterocycles. The van der Waals surface area contributed by atoms with Gasteiger partial charge in [-0.1, -0.05) is 12.1 Å². The molecule has 2 unspecified atom stereocenters. The minimum absolute atomic E-state index is 0.00227. The van der Waals surface area contributed by atoms with Crippen LogP contribution in [0.15, 0.2) is 42.6 Å². The minimum atomic E-state index is -0.924. The average Bonchev–Trinajstić information content (AvgIpc) is 3.27. The Morgan fingerprint density at radius 3 is 2.17 bits per heavy atom. The monoisotopic (exact) mass is 410 g/mol. The Kier molecular flexibility index (Phi) is 4.57. The molecule has 1 aromatic carbocycles. The van der Waals surface area contributed by atoms with Gasteiger partial charge in [0.15, 0.2) is 0 Å². The molecule has 2 N–H and O–H groups in total. The van der Waals surface area contributed by atoms with E-state index in [0.29, 0.717) is 50.6 Å². The van der Waals surface area contributed by atoms with Gasteiger partial charge in [-0.05, 0) is 48.4 Å². The van der Waals surface area contributed by atoms with Crippen molar-refractivity contribution in [1.29, 1.82) is 0 Å². The Bertz CT molecular complexity index is 925. The molecule has 0 bridgehead atoms. The molecule has 2 aliphatic heterocycles. The summed E-state index contributed by atoms with van der Waals surface area (Å²) in [5, 5.41) is 21.5. The summed E-state index contributed by atoms with van der Waals surface area (Å²) in [6.07, 6.45) is 2.94. The van der Waals surface area contributed by atoms with Gasteiger partial charge in [0.1, 0.15) is 5.60 Å². The number of aliphatic hydroxyl groups is 2. The van der Waals surface area contributed by atoms with Crippen molar-refractivity contribution < 1.29 is 24.5 Å². The van der Waals surface area contributed by atoms with Gasteiger partial charge >= 0.3 is 0 Å². The van der Waals surface area contributed by atoms with Crippen LogP contribution in [0.1, 0.15) is 34.3 Å². The third-order valence-electron chi connectivity index (χ3n) is 6.90. The van der Waals surface area contributed by atoms with E-state index in [1.807, 2.05) is 23.1 Å². The van der Waals surface area contributed by atoms with Gasteiger partial charge in [0.05, 0.1) is 25.9 Å². The van der Waals surface area contributed by atoms with E-state index in [-0.39, 0.29) is 17.7 Å². The van der Waals surface area contributed by atoms with Gasteiger partial charge in [-0.2, -0.15) is 0 Å². The van der Waals surface area contributed by atoms with E-state index in [1.165, 1.54) is 0 Å². The molecule has 7 heteroatoms. The first-order chi connectivity index (χ1) is 14.4. The van der Waals surface area contributed by atoms with Crippen molar-refractivity contribution in [3.8, 4) is 5.88 Å². The Morgan fingerprint density at radius 2 is 1.67 bits per heavy atom. The first kappa shape index (κ1) is 19.5. The zero-order valence-corrected chi connectivity index (χ0v) is 17.0. The van der Waals surface area contributed by atoms with E-state index in [9.17, 15) is 15.0 Å². The molecule has 30 heavy (non-hydrogen) atoms. The molecule has 2 atom stereocenters. The van der Waals surface area contributed by atoms with Crippen molar-refractivity contribution in [2.75, 3.05) is 33.4 Å². The predicted octanol–water partition coefficient (Wildman–Crippen LogP) is 1.68. The van der Waals surface area contributed by atoms with Crippen molar-refractivity contribution in [2.45, 2.75) is 24.0 Å². The van der Waals surface area contributed by atoms with Crippen LogP contribution in [0.5, 0.6) is 5.88 Å². The summed E-state index contributed by atoms with van der Waals surface area (Å²) in [5.41, 5.74) is 0.390. The Hall–Kier alpha value is -2.48. The topological polar surface area (TPSA) is 92.1 Å². The van der Waals surface area contributed by atoms with Gasteiger partial charge in [-0.25, -0.2) is 4.98 Å². The van der Waals surface area contributed by atoms with E-state index in [2.05, 4.69) is 4.98 Å². The molecule has 3 heterocycles. The average molecular weight is 410 g/mol. The Balaban J connectivity index is 1.24. The Morgan fingerprint density at radius 1 is 1.03 bits per heavy atom. The second kappa shape index (κ2) is 7.04. The molecule has 0 radical (unpaired) electrons. The van der Waals surface area contributed by atoms with Gasteiger partial charge in [-0.3, -0.25) is 4.79 Å². The quantitative estimate of drug-likeness (QED) is 0.797. The van der Waals surface area contributed by atoms with Crippen molar-refractivity contribution in [3.63, 3.8) is 0 Å². The molecule has 2 aromatic rings. The molecule has 1 saturated carbocycles. The van der Waals surface area contributed by atoms with Gasteiger partial charge < -0.3 is 24.6 Å². The number of pyridine rings is 1. The maximum Gasteiger partial charge on any atom is 0.253 e. The van der Waals surface area contributed by atoms with Crippen LogP contribution in [0.25, 0.3) is 0 Å². The number of amides is 1. The largest absolute Gasteiger partial charge is 0.481 e. The highest BCUT2D eigenvalue weighted by atomic mass is 16.5. The second-order valence-electron chi connectivity index (χ2n) is 8.86. The molecule has 3 fully saturated rings. The first-order valence-electron chi connectivity index (χ1n) is 10.3. The number of carbonyl (C=O) groups is 1. The van der Waals surface area contributed by atoms with Crippen LogP contribution in [0, 0.1) is 11.8 Å². The summed E-state index contributed by atoms with van der Waals surface area (Å²) in [6, 6.07) is 10.8. The number of benzene rings is 1. The van der Waals surface area contributed by atoms with E-state index < -0.39 is 11.2 Å². The summed E-state index contributed by atoms with van der Waals surface area (Å²) in [7, 11) is 1.57. The molecule has 0 spiro atoms. The number of hydrogen-bond acceptors (Lipinski definition) is 6. The predicted molar refractivity (Wildman–Crippen MR) is 108 cm³/mol. The number of hydrogen-bond donors (Lipinski definition) is 2. The molecule has 2 saturated heterocycles. The van der Waals surface area contributed by atoms with Gasteiger partial charge in [0.2, 0.25) is 5.88 Å². The molecular weight excluding hydrogens is 384 g/mol. The highest BCUT2D eigenvalue weighted by molar-refractivity contribution is 5.94. The number of aromatic nitrogens is 1. The summed E-state index contributed by atoms with van der Waals surface area (Å²) in [6.45, 7) is 1.88.